The van der Waals surface area contributed by atoms with E-state index < -0.39 is 0 Å². The Kier molecular flexibility index (Phi) is 4.66. The largest absolute Gasteiger partial charge is 0.305 e. The van der Waals surface area contributed by atoms with Gasteiger partial charge in [-0.3, -0.25) is 4.79 Å². The van der Waals surface area contributed by atoms with Crippen molar-refractivity contribution in [2.24, 2.45) is 0 Å². The van der Waals surface area contributed by atoms with Gasteiger partial charge in [-0.2, -0.15) is 0 Å². The second-order valence-electron chi connectivity index (χ2n) is 5.16. The van der Waals surface area contributed by atoms with E-state index in [2.05, 4.69) is 34.1 Å². The van der Waals surface area contributed by atoms with E-state index in [0.29, 0.717) is 0 Å². The van der Waals surface area contributed by atoms with Gasteiger partial charge < -0.3 is 4.90 Å². The van der Waals surface area contributed by atoms with Crippen molar-refractivity contribution in [1.29, 1.82) is 0 Å². The Labute approximate surface area is 132 Å². The number of thiophene rings is 1. The van der Waals surface area contributed by atoms with Gasteiger partial charge in [-0.15, -0.1) is 11.3 Å². The summed E-state index contributed by atoms with van der Waals surface area (Å²) < 4.78 is 0.864. The molecule has 1 amide bonds. The van der Waals surface area contributed by atoms with Crippen molar-refractivity contribution in [3.05, 3.63) is 50.1 Å². The zero-order valence-electron chi connectivity index (χ0n) is 12.1. The summed E-state index contributed by atoms with van der Waals surface area (Å²) in [5.41, 5.74) is 3.27. The molecule has 1 heterocycles. The second kappa shape index (κ2) is 6.10. The van der Waals surface area contributed by atoms with Crippen LogP contribution in [0.25, 0.3) is 0 Å². The highest BCUT2D eigenvalue weighted by Crippen LogP contribution is 2.30. The van der Waals surface area contributed by atoms with E-state index in [9.17, 15) is 4.79 Å². The van der Waals surface area contributed by atoms with E-state index in [1.807, 2.05) is 44.0 Å². The quantitative estimate of drug-likeness (QED) is 0.745. The molecular weight excluding hydrogens is 334 g/mol. The van der Waals surface area contributed by atoms with E-state index in [4.69, 9.17) is 0 Å². The van der Waals surface area contributed by atoms with Crippen LogP contribution in [0.2, 0.25) is 0 Å². The Bertz CT molecular complexity index is 633. The lowest BCUT2D eigenvalue weighted by atomic mass is 10.1. The van der Waals surface area contributed by atoms with Gasteiger partial charge in [-0.1, -0.05) is 12.1 Å². The highest BCUT2D eigenvalue weighted by molar-refractivity contribution is 9.10. The van der Waals surface area contributed by atoms with Crippen molar-refractivity contribution in [3.8, 4) is 0 Å². The molecule has 0 bridgehead atoms. The van der Waals surface area contributed by atoms with Crippen molar-refractivity contribution in [3.63, 3.8) is 0 Å². The topological polar surface area (TPSA) is 20.3 Å². The van der Waals surface area contributed by atoms with Crippen molar-refractivity contribution in [2.75, 3.05) is 4.90 Å². The fourth-order valence-corrected chi connectivity index (χ4v) is 3.63. The first-order valence-corrected chi connectivity index (χ1v) is 8.23. The van der Waals surface area contributed by atoms with Gasteiger partial charge >= 0.3 is 0 Å². The Hall–Kier alpha value is -1.13. The molecule has 0 saturated heterocycles. The van der Waals surface area contributed by atoms with E-state index in [1.165, 1.54) is 11.3 Å². The molecular formula is C16H18BrNOS. The smallest absolute Gasteiger partial charge is 0.269 e. The maximum atomic E-state index is 12.8. The summed E-state index contributed by atoms with van der Waals surface area (Å²) in [6.07, 6.45) is 0. The molecule has 2 aromatic rings. The fourth-order valence-electron chi connectivity index (χ4n) is 2.16. The lowest BCUT2D eigenvalue weighted by molar-refractivity contribution is 0.0983. The van der Waals surface area contributed by atoms with Crippen molar-refractivity contribution in [2.45, 2.75) is 33.7 Å². The summed E-state index contributed by atoms with van der Waals surface area (Å²) in [6.45, 7) is 8.18. The third kappa shape index (κ3) is 2.96. The monoisotopic (exact) mass is 351 g/mol. The molecule has 0 fully saturated rings. The highest BCUT2D eigenvalue weighted by Gasteiger charge is 2.24. The minimum Gasteiger partial charge on any atom is -0.305 e. The number of halogens is 1. The molecule has 0 unspecified atom stereocenters. The molecule has 1 aromatic carbocycles. The molecule has 0 radical (unpaired) electrons. The Balaban J connectivity index is 2.49. The van der Waals surface area contributed by atoms with Gasteiger partial charge in [0.25, 0.3) is 5.91 Å². The van der Waals surface area contributed by atoms with Gasteiger partial charge in [-0.25, -0.2) is 0 Å². The molecule has 0 aliphatic carbocycles. The summed E-state index contributed by atoms with van der Waals surface area (Å²) in [5.74, 6) is 0.0515. The average molecular weight is 352 g/mol. The normalized spacial score (nSPS) is 10.9. The molecule has 0 N–H and O–H groups in total. The fraction of sp³-hybridized carbons (Fsp3) is 0.312. The summed E-state index contributed by atoms with van der Waals surface area (Å²) >= 11 is 4.92. The van der Waals surface area contributed by atoms with Gasteiger partial charge in [0.1, 0.15) is 4.88 Å². The van der Waals surface area contributed by atoms with E-state index in [1.54, 1.807) is 0 Å². The molecule has 1 aromatic heterocycles. The van der Waals surface area contributed by atoms with Crippen LogP contribution >= 0.6 is 27.3 Å². The predicted octanol–water partition coefficient (Wildman–Crippen LogP) is 5.18. The molecule has 0 aliphatic heterocycles. The number of hydrogen-bond acceptors (Lipinski definition) is 2. The first-order chi connectivity index (χ1) is 9.41. The van der Waals surface area contributed by atoms with Crippen LogP contribution in [0.5, 0.6) is 0 Å². The zero-order valence-corrected chi connectivity index (χ0v) is 14.5. The number of anilines is 1. The third-order valence-corrected chi connectivity index (χ3v) is 5.00. The van der Waals surface area contributed by atoms with Gasteiger partial charge in [-0.05, 0) is 72.3 Å². The maximum absolute atomic E-state index is 12.8. The van der Waals surface area contributed by atoms with Gasteiger partial charge in [0.05, 0.1) is 0 Å². The number of carbonyl (C=O) groups is 1. The van der Waals surface area contributed by atoms with E-state index >= 15 is 0 Å². The summed E-state index contributed by atoms with van der Waals surface area (Å²) in [4.78, 5) is 15.5. The molecule has 4 heteroatoms. The molecule has 0 atom stereocenters. The minimum absolute atomic E-state index is 0.0515. The number of benzene rings is 1. The summed E-state index contributed by atoms with van der Waals surface area (Å²) in [7, 11) is 0. The second-order valence-corrected chi connectivity index (χ2v) is 6.93. The average Bonchev–Trinajstić information content (AvgIpc) is 2.79. The number of nitrogens with zero attached hydrogens (tertiary/aromatic N) is 1. The van der Waals surface area contributed by atoms with Gasteiger partial charge in [0.15, 0.2) is 0 Å². The van der Waals surface area contributed by atoms with Gasteiger partial charge in [0.2, 0.25) is 0 Å². The van der Waals surface area contributed by atoms with Crippen LogP contribution in [-0.4, -0.2) is 11.9 Å². The van der Waals surface area contributed by atoms with Crippen LogP contribution < -0.4 is 4.90 Å². The molecule has 2 rings (SSSR count). The summed E-state index contributed by atoms with van der Waals surface area (Å²) in [6, 6.07) is 8.24. The lowest BCUT2D eigenvalue weighted by Crippen LogP contribution is -2.37. The Morgan fingerprint density at radius 1 is 1.25 bits per heavy atom. The molecule has 106 valence electrons. The number of amides is 1. The minimum atomic E-state index is 0.0515. The number of aryl methyl sites for hydroxylation is 2. The van der Waals surface area contributed by atoms with Crippen molar-refractivity contribution < 1.29 is 4.79 Å². The van der Waals surface area contributed by atoms with Crippen LogP contribution in [0.3, 0.4) is 0 Å². The molecule has 20 heavy (non-hydrogen) atoms. The number of rotatable bonds is 3. The van der Waals surface area contributed by atoms with Crippen LogP contribution in [-0.2, 0) is 0 Å². The first-order valence-electron chi connectivity index (χ1n) is 6.55. The highest BCUT2D eigenvalue weighted by atomic mass is 79.9. The Morgan fingerprint density at radius 2 is 1.95 bits per heavy atom. The molecule has 2 nitrogen and oxygen atoms in total. The first kappa shape index (κ1) is 15.3. The molecule has 0 aliphatic rings. The van der Waals surface area contributed by atoms with Crippen LogP contribution in [0.4, 0.5) is 5.69 Å². The molecule has 0 saturated carbocycles. The third-order valence-electron chi connectivity index (χ3n) is 3.17. The van der Waals surface area contributed by atoms with E-state index in [0.717, 1.165) is 26.2 Å². The maximum Gasteiger partial charge on any atom is 0.269 e. The predicted molar refractivity (Wildman–Crippen MR) is 89.9 cm³/mol. The lowest BCUT2D eigenvalue weighted by Gasteiger charge is -2.28. The number of carbonyl (C=O) groups excluding carboxylic acids is 1. The number of hydrogen-bond donors (Lipinski definition) is 0. The van der Waals surface area contributed by atoms with E-state index in [-0.39, 0.29) is 11.9 Å². The molecule has 0 spiro atoms. The SMILES string of the molecule is Cc1ccc(C)c(N(C(=O)c2sccc2Br)C(C)C)c1. The van der Waals surface area contributed by atoms with Crippen molar-refractivity contribution in [1.82, 2.24) is 0 Å². The van der Waals surface area contributed by atoms with Gasteiger partial charge in [0, 0.05) is 16.2 Å². The van der Waals surface area contributed by atoms with Crippen LogP contribution in [0.15, 0.2) is 34.1 Å². The van der Waals surface area contributed by atoms with Crippen LogP contribution in [0, 0.1) is 13.8 Å². The standard InChI is InChI=1S/C16H18BrNOS/c1-10(2)18(14-9-11(3)5-6-12(14)4)16(19)15-13(17)7-8-20-15/h5-10H,1-4H3. The Morgan fingerprint density at radius 3 is 2.50 bits per heavy atom. The van der Waals surface area contributed by atoms with Crippen LogP contribution in [0.1, 0.15) is 34.6 Å². The van der Waals surface area contributed by atoms with Crippen molar-refractivity contribution >= 4 is 38.9 Å². The zero-order chi connectivity index (χ0) is 14.9. The summed E-state index contributed by atoms with van der Waals surface area (Å²) in [5, 5.41) is 1.93.